The third-order valence-electron chi connectivity index (χ3n) is 4.03. The van der Waals surface area contributed by atoms with E-state index in [-0.39, 0.29) is 18.1 Å². The summed E-state index contributed by atoms with van der Waals surface area (Å²) < 4.78 is 7.66. The van der Waals surface area contributed by atoms with Crippen LogP contribution in [0, 0.1) is 6.92 Å². The van der Waals surface area contributed by atoms with E-state index in [9.17, 15) is 4.79 Å². The van der Waals surface area contributed by atoms with Crippen molar-refractivity contribution in [1.29, 1.82) is 0 Å². The van der Waals surface area contributed by atoms with Gasteiger partial charge in [-0.05, 0) is 26.2 Å². The number of hydrogen-bond donors (Lipinski definition) is 2. The highest BCUT2D eigenvalue weighted by Crippen LogP contribution is 2.24. The van der Waals surface area contributed by atoms with E-state index in [0.29, 0.717) is 6.42 Å². The van der Waals surface area contributed by atoms with E-state index in [1.54, 1.807) is 17.2 Å². The van der Waals surface area contributed by atoms with Crippen molar-refractivity contribution in [3.05, 3.63) is 30.1 Å². The Morgan fingerprint density at radius 2 is 2.41 bits per heavy atom. The lowest BCUT2D eigenvalue weighted by atomic mass is 10.2. The molecule has 2 heterocycles. The molecule has 0 aromatic carbocycles. The van der Waals surface area contributed by atoms with Crippen LogP contribution in [-0.4, -0.2) is 37.8 Å². The third-order valence-corrected chi connectivity index (χ3v) is 4.03. The number of H-pyrrole nitrogens is 1. The van der Waals surface area contributed by atoms with Crippen LogP contribution in [0.1, 0.15) is 30.7 Å². The van der Waals surface area contributed by atoms with Crippen LogP contribution < -0.4 is 10.1 Å². The topological polar surface area (TPSA) is 84.8 Å². The molecule has 0 aliphatic heterocycles. The van der Waals surface area contributed by atoms with Gasteiger partial charge in [-0.15, -0.1) is 0 Å². The number of nitrogens with one attached hydrogen (secondary N) is 2. The first kappa shape index (κ1) is 14.6. The van der Waals surface area contributed by atoms with Crippen LogP contribution in [-0.2, 0) is 18.3 Å². The maximum Gasteiger partial charge on any atom is 0.226 e. The monoisotopic (exact) mass is 303 g/mol. The predicted molar refractivity (Wildman–Crippen MR) is 80.4 cm³/mol. The first-order valence-electron chi connectivity index (χ1n) is 7.55. The molecule has 1 aliphatic rings. The van der Waals surface area contributed by atoms with Gasteiger partial charge in [-0.1, -0.05) is 0 Å². The Balaban J connectivity index is 1.56. The van der Waals surface area contributed by atoms with Gasteiger partial charge >= 0.3 is 0 Å². The van der Waals surface area contributed by atoms with Crippen molar-refractivity contribution in [2.75, 3.05) is 0 Å². The lowest BCUT2D eigenvalue weighted by molar-refractivity contribution is -0.121. The number of nitrogens with zero attached hydrogens (tertiary/aromatic N) is 3. The lowest BCUT2D eigenvalue weighted by Gasteiger charge is -2.21. The Morgan fingerprint density at radius 1 is 1.55 bits per heavy atom. The molecule has 2 aromatic rings. The van der Waals surface area contributed by atoms with Gasteiger partial charge in [0.15, 0.2) is 5.75 Å². The van der Waals surface area contributed by atoms with Crippen LogP contribution in [0.15, 0.2) is 18.7 Å². The van der Waals surface area contributed by atoms with Crippen molar-refractivity contribution in [1.82, 2.24) is 25.1 Å². The van der Waals surface area contributed by atoms with Crippen molar-refractivity contribution >= 4 is 5.91 Å². The second-order valence-corrected chi connectivity index (χ2v) is 5.76. The summed E-state index contributed by atoms with van der Waals surface area (Å²) in [4.78, 5) is 19.3. The summed E-state index contributed by atoms with van der Waals surface area (Å²) in [6.45, 7) is 1.92. The molecule has 1 saturated carbocycles. The lowest BCUT2D eigenvalue weighted by Crippen LogP contribution is -2.43. The van der Waals surface area contributed by atoms with E-state index in [0.717, 1.165) is 36.4 Å². The molecule has 1 aliphatic carbocycles. The quantitative estimate of drug-likeness (QED) is 0.866. The molecule has 2 N–H and O–H groups in total. The Bertz CT molecular complexity index is 648. The van der Waals surface area contributed by atoms with Crippen LogP contribution >= 0.6 is 0 Å². The number of rotatable bonds is 5. The zero-order valence-electron chi connectivity index (χ0n) is 12.9. The molecule has 7 heteroatoms. The van der Waals surface area contributed by atoms with Crippen molar-refractivity contribution in [3.8, 4) is 5.75 Å². The van der Waals surface area contributed by atoms with Crippen molar-refractivity contribution < 1.29 is 9.53 Å². The van der Waals surface area contributed by atoms with Crippen LogP contribution in [0.3, 0.4) is 0 Å². The zero-order valence-corrected chi connectivity index (χ0v) is 12.9. The highest BCUT2D eigenvalue weighted by molar-refractivity contribution is 5.78. The Morgan fingerprint density at radius 3 is 3.09 bits per heavy atom. The van der Waals surface area contributed by atoms with Crippen LogP contribution in [0.4, 0.5) is 0 Å². The van der Waals surface area contributed by atoms with E-state index >= 15 is 0 Å². The second kappa shape index (κ2) is 6.21. The molecular formula is C15H21N5O2. The summed E-state index contributed by atoms with van der Waals surface area (Å²) in [5, 5.41) is 7.17. The van der Waals surface area contributed by atoms with Gasteiger partial charge in [0, 0.05) is 12.7 Å². The molecule has 22 heavy (non-hydrogen) atoms. The summed E-state index contributed by atoms with van der Waals surface area (Å²) in [7, 11) is 1.85. The molecule has 2 aromatic heterocycles. The van der Waals surface area contributed by atoms with Crippen molar-refractivity contribution in [2.45, 2.75) is 44.8 Å². The molecule has 0 radical (unpaired) electrons. The predicted octanol–water partition coefficient (Wildman–Crippen LogP) is 1.11. The van der Waals surface area contributed by atoms with Gasteiger partial charge in [-0.2, -0.15) is 5.10 Å². The molecule has 1 fully saturated rings. The van der Waals surface area contributed by atoms with Gasteiger partial charge < -0.3 is 15.0 Å². The maximum atomic E-state index is 12.2. The van der Waals surface area contributed by atoms with E-state index in [1.165, 1.54) is 0 Å². The first-order chi connectivity index (χ1) is 10.6. The minimum absolute atomic E-state index is 0.00781. The molecule has 1 amide bonds. The van der Waals surface area contributed by atoms with E-state index in [4.69, 9.17) is 4.74 Å². The number of amides is 1. The molecule has 3 rings (SSSR count). The molecular weight excluding hydrogens is 282 g/mol. The van der Waals surface area contributed by atoms with Crippen molar-refractivity contribution in [2.24, 2.45) is 7.05 Å². The number of aromatic nitrogens is 4. The minimum Gasteiger partial charge on any atom is -0.485 e. The largest absolute Gasteiger partial charge is 0.485 e. The van der Waals surface area contributed by atoms with Crippen LogP contribution in [0.2, 0.25) is 0 Å². The summed E-state index contributed by atoms with van der Waals surface area (Å²) in [6, 6.07) is 0.0481. The van der Waals surface area contributed by atoms with Crippen LogP contribution in [0.25, 0.3) is 0 Å². The first-order valence-corrected chi connectivity index (χ1v) is 7.55. The van der Waals surface area contributed by atoms with E-state index < -0.39 is 0 Å². The normalized spacial score (nSPS) is 21.0. The number of aryl methyl sites for hydroxylation is 2. The Labute approximate surface area is 129 Å². The SMILES string of the molecule is Cc1[nH]cnc1CC(=O)N[C@H]1CCC[C@H]1Oc1cnn(C)c1. The standard InChI is InChI=1S/C15H21N5O2/c1-10-13(17-9-16-10)6-15(21)19-12-4-3-5-14(12)22-11-7-18-20(2)8-11/h7-9,12,14H,3-6H2,1-2H3,(H,16,17)(H,19,21)/t12-,14+/m0/s1. The summed E-state index contributed by atoms with van der Waals surface area (Å²) in [5.41, 5.74) is 1.73. The van der Waals surface area contributed by atoms with Gasteiger partial charge in [0.25, 0.3) is 0 Å². The van der Waals surface area contributed by atoms with Gasteiger partial charge in [0.2, 0.25) is 5.91 Å². The molecule has 0 bridgehead atoms. The fraction of sp³-hybridized carbons (Fsp3) is 0.533. The van der Waals surface area contributed by atoms with Crippen LogP contribution in [0.5, 0.6) is 5.75 Å². The number of hydrogen-bond acceptors (Lipinski definition) is 4. The molecule has 0 unspecified atom stereocenters. The summed E-state index contributed by atoms with van der Waals surface area (Å²) in [6.07, 6.45) is 8.39. The molecule has 118 valence electrons. The number of carbonyl (C=O) groups is 1. The third kappa shape index (κ3) is 3.29. The smallest absolute Gasteiger partial charge is 0.226 e. The molecule has 2 atom stereocenters. The fourth-order valence-electron chi connectivity index (χ4n) is 2.84. The molecule has 7 nitrogen and oxygen atoms in total. The second-order valence-electron chi connectivity index (χ2n) is 5.76. The van der Waals surface area contributed by atoms with E-state index in [2.05, 4.69) is 20.4 Å². The zero-order chi connectivity index (χ0) is 15.5. The highest BCUT2D eigenvalue weighted by Gasteiger charge is 2.30. The molecule has 0 spiro atoms. The van der Waals surface area contributed by atoms with E-state index in [1.807, 2.05) is 20.2 Å². The molecule has 0 saturated heterocycles. The number of carbonyl (C=O) groups excluding carboxylic acids is 1. The summed E-state index contributed by atoms with van der Waals surface area (Å²) >= 11 is 0. The minimum atomic E-state index is -0.0121. The van der Waals surface area contributed by atoms with Gasteiger partial charge in [-0.25, -0.2) is 4.98 Å². The maximum absolute atomic E-state index is 12.2. The summed E-state index contributed by atoms with van der Waals surface area (Å²) in [5.74, 6) is 0.735. The Hall–Kier alpha value is -2.31. The number of imidazole rings is 1. The van der Waals surface area contributed by atoms with Gasteiger partial charge in [0.1, 0.15) is 6.10 Å². The van der Waals surface area contributed by atoms with Gasteiger partial charge in [-0.3, -0.25) is 9.48 Å². The fourth-order valence-corrected chi connectivity index (χ4v) is 2.84. The Kier molecular flexibility index (Phi) is 4.13. The van der Waals surface area contributed by atoms with Crippen molar-refractivity contribution in [3.63, 3.8) is 0 Å². The highest BCUT2D eigenvalue weighted by atomic mass is 16.5. The average molecular weight is 303 g/mol. The average Bonchev–Trinajstić information content (AvgIpc) is 3.16. The number of ether oxygens (including phenoxy) is 1. The van der Waals surface area contributed by atoms with Gasteiger partial charge in [0.05, 0.1) is 36.9 Å². The number of aromatic amines is 1.